The van der Waals surface area contributed by atoms with E-state index in [9.17, 15) is 0 Å². The molecule has 2 nitrogen and oxygen atoms in total. The maximum Gasteiger partial charge on any atom is 0.0587 e. The van der Waals surface area contributed by atoms with Gasteiger partial charge >= 0.3 is 0 Å². The minimum atomic E-state index is 0.799. The summed E-state index contributed by atoms with van der Waals surface area (Å²) >= 11 is 3.29. The molecule has 0 saturated carbocycles. The van der Waals surface area contributed by atoms with Gasteiger partial charge in [-0.3, -0.25) is 0 Å². The van der Waals surface area contributed by atoms with Gasteiger partial charge in [-0.2, -0.15) is 5.26 Å². The molecule has 0 aromatic heterocycles. The number of nitrogens with two attached hydrogens (primary N) is 1. The van der Waals surface area contributed by atoms with Crippen LogP contribution in [0, 0.1) is 11.3 Å². The van der Waals surface area contributed by atoms with Crippen LogP contribution in [0.25, 0.3) is 0 Å². The van der Waals surface area contributed by atoms with Crippen LogP contribution in [0.3, 0.4) is 0 Å². The molecule has 0 spiro atoms. The summed E-state index contributed by atoms with van der Waals surface area (Å²) in [5, 5.41) is 7.32. The predicted octanol–water partition coefficient (Wildman–Crippen LogP) is 2.56. The van der Waals surface area contributed by atoms with Gasteiger partial charge in [0, 0.05) is 17.1 Å². The molecule has 0 bridgehead atoms. The van der Waals surface area contributed by atoms with Crippen molar-refractivity contribution in [3.05, 3.63) is 28.7 Å². The van der Waals surface area contributed by atoms with Crippen LogP contribution in [-0.2, 0) is 0 Å². The SMILES string of the molecule is CC#N.Nc1ccc(Br)cc1. The zero-order valence-electron chi connectivity index (χ0n) is 6.21. The molecule has 0 aliphatic carbocycles. The first-order chi connectivity index (χ1) is 5.20. The van der Waals surface area contributed by atoms with Crippen LogP contribution in [-0.4, -0.2) is 0 Å². The minimum Gasteiger partial charge on any atom is -0.399 e. The van der Waals surface area contributed by atoms with E-state index >= 15 is 0 Å². The number of nitriles is 1. The molecule has 1 aromatic carbocycles. The molecular formula is C8H9BrN2. The first-order valence-electron chi connectivity index (χ1n) is 3.02. The molecule has 58 valence electrons. The van der Waals surface area contributed by atoms with Crippen molar-refractivity contribution in [2.24, 2.45) is 0 Å². The molecule has 11 heavy (non-hydrogen) atoms. The van der Waals surface area contributed by atoms with E-state index in [1.807, 2.05) is 24.3 Å². The maximum absolute atomic E-state index is 7.32. The van der Waals surface area contributed by atoms with Crippen LogP contribution in [0.15, 0.2) is 28.7 Å². The Balaban J connectivity index is 0.000000292. The number of nitrogens with zero attached hydrogens (tertiary/aromatic N) is 1. The van der Waals surface area contributed by atoms with Crippen molar-refractivity contribution in [2.75, 3.05) is 5.73 Å². The van der Waals surface area contributed by atoms with Crippen LogP contribution in [0.2, 0.25) is 0 Å². The molecule has 0 atom stereocenters. The van der Waals surface area contributed by atoms with Crippen LogP contribution in [0.1, 0.15) is 6.92 Å². The fraction of sp³-hybridized carbons (Fsp3) is 0.125. The summed E-state index contributed by atoms with van der Waals surface area (Å²) in [5.74, 6) is 0. The zero-order valence-corrected chi connectivity index (χ0v) is 7.80. The van der Waals surface area contributed by atoms with Gasteiger partial charge in [0.15, 0.2) is 0 Å². The fourth-order valence-electron chi connectivity index (χ4n) is 0.463. The topological polar surface area (TPSA) is 49.8 Å². The Labute approximate surface area is 74.8 Å². The average molecular weight is 213 g/mol. The fourth-order valence-corrected chi connectivity index (χ4v) is 0.727. The molecule has 0 aliphatic heterocycles. The summed E-state index contributed by atoms with van der Waals surface area (Å²) < 4.78 is 1.06. The smallest absolute Gasteiger partial charge is 0.0587 e. The Hall–Kier alpha value is -1.01. The third kappa shape index (κ3) is 5.43. The first kappa shape index (κ1) is 9.99. The van der Waals surface area contributed by atoms with E-state index in [1.165, 1.54) is 6.92 Å². The maximum atomic E-state index is 7.32. The molecular weight excluding hydrogens is 204 g/mol. The highest BCUT2D eigenvalue weighted by Crippen LogP contribution is 2.10. The quantitative estimate of drug-likeness (QED) is 0.673. The molecule has 2 N–H and O–H groups in total. The Morgan fingerprint density at radius 2 is 1.73 bits per heavy atom. The highest BCUT2D eigenvalue weighted by molar-refractivity contribution is 9.10. The molecule has 1 rings (SSSR count). The van der Waals surface area contributed by atoms with Gasteiger partial charge in [-0.25, -0.2) is 0 Å². The number of halogens is 1. The minimum absolute atomic E-state index is 0.799. The zero-order chi connectivity index (χ0) is 8.69. The third-order valence-electron chi connectivity index (χ3n) is 0.870. The predicted molar refractivity (Wildman–Crippen MR) is 49.8 cm³/mol. The second kappa shape index (κ2) is 5.75. The van der Waals surface area contributed by atoms with Gasteiger partial charge in [-0.1, -0.05) is 15.9 Å². The van der Waals surface area contributed by atoms with E-state index < -0.39 is 0 Å². The lowest BCUT2D eigenvalue weighted by Crippen LogP contribution is -1.80. The number of nitrogen functional groups attached to an aromatic ring is 1. The van der Waals surface area contributed by atoms with Crippen LogP contribution in [0.4, 0.5) is 5.69 Å². The van der Waals surface area contributed by atoms with Gasteiger partial charge in [0.2, 0.25) is 0 Å². The Morgan fingerprint density at radius 1 is 1.36 bits per heavy atom. The molecule has 0 amide bonds. The van der Waals surface area contributed by atoms with Gasteiger partial charge in [-0.05, 0) is 24.3 Å². The summed E-state index contributed by atoms with van der Waals surface area (Å²) in [6.07, 6.45) is 0. The summed E-state index contributed by atoms with van der Waals surface area (Å²) in [6, 6.07) is 9.28. The van der Waals surface area contributed by atoms with Crippen molar-refractivity contribution < 1.29 is 0 Å². The number of rotatable bonds is 0. The molecule has 0 saturated heterocycles. The van der Waals surface area contributed by atoms with Crippen LogP contribution < -0.4 is 5.73 Å². The average Bonchev–Trinajstić information content (AvgIpc) is 1.97. The summed E-state index contributed by atoms with van der Waals surface area (Å²) in [6.45, 7) is 1.43. The molecule has 0 radical (unpaired) electrons. The summed E-state index contributed by atoms with van der Waals surface area (Å²) in [7, 11) is 0. The lowest BCUT2D eigenvalue weighted by atomic mass is 10.3. The van der Waals surface area contributed by atoms with Crippen molar-refractivity contribution in [3.8, 4) is 6.07 Å². The molecule has 0 fully saturated rings. The highest BCUT2D eigenvalue weighted by atomic mass is 79.9. The first-order valence-corrected chi connectivity index (χ1v) is 3.82. The second-order valence-corrected chi connectivity index (χ2v) is 2.69. The normalized spacial score (nSPS) is 7.36. The lowest BCUT2D eigenvalue weighted by molar-refractivity contribution is 1.49. The van der Waals surface area contributed by atoms with E-state index in [4.69, 9.17) is 11.0 Å². The van der Waals surface area contributed by atoms with Crippen molar-refractivity contribution in [1.29, 1.82) is 5.26 Å². The number of anilines is 1. The van der Waals surface area contributed by atoms with E-state index in [0.29, 0.717) is 0 Å². The van der Waals surface area contributed by atoms with Gasteiger partial charge in [-0.15, -0.1) is 0 Å². The molecule has 1 aromatic rings. The number of hydrogen-bond acceptors (Lipinski definition) is 2. The van der Waals surface area contributed by atoms with Crippen LogP contribution >= 0.6 is 15.9 Å². The Bertz CT molecular complexity index is 214. The second-order valence-electron chi connectivity index (χ2n) is 1.78. The van der Waals surface area contributed by atoms with Gasteiger partial charge in [0.25, 0.3) is 0 Å². The monoisotopic (exact) mass is 212 g/mol. The van der Waals surface area contributed by atoms with Gasteiger partial charge in [0.1, 0.15) is 0 Å². The van der Waals surface area contributed by atoms with Gasteiger partial charge < -0.3 is 5.73 Å². The van der Waals surface area contributed by atoms with Crippen molar-refractivity contribution in [1.82, 2.24) is 0 Å². The number of hydrogen-bond donors (Lipinski definition) is 1. The molecule has 0 aliphatic rings. The number of benzene rings is 1. The lowest BCUT2D eigenvalue weighted by Gasteiger charge is -1.88. The van der Waals surface area contributed by atoms with Gasteiger partial charge in [0.05, 0.1) is 6.07 Å². The van der Waals surface area contributed by atoms with E-state index in [2.05, 4.69) is 15.9 Å². The van der Waals surface area contributed by atoms with E-state index in [-0.39, 0.29) is 0 Å². The Kier molecular flexibility index (Phi) is 5.22. The summed E-state index contributed by atoms with van der Waals surface area (Å²) in [4.78, 5) is 0. The van der Waals surface area contributed by atoms with Crippen LogP contribution in [0.5, 0.6) is 0 Å². The molecule has 0 heterocycles. The summed E-state index contributed by atoms with van der Waals surface area (Å²) in [5.41, 5.74) is 6.21. The van der Waals surface area contributed by atoms with Crippen molar-refractivity contribution in [2.45, 2.75) is 6.92 Å². The van der Waals surface area contributed by atoms with E-state index in [0.717, 1.165) is 10.2 Å². The van der Waals surface area contributed by atoms with Crippen molar-refractivity contribution in [3.63, 3.8) is 0 Å². The standard InChI is InChI=1S/C6H6BrN.C2H3N/c7-5-1-3-6(8)4-2-5;1-2-3/h1-4H,8H2;1H3. The third-order valence-corrected chi connectivity index (χ3v) is 1.40. The van der Waals surface area contributed by atoms with Crippen molar-refractivity contribution >= 4 is 21.6 Å². The largest absolute Gasteiger partial charge is 0.399 e. The molecule has 3 heteroatoms. The Morgan fingerprint density at radius 3 is 2.00 bits per heavy atom. The molecule has 0 unspecified atom stereocenters. The van der Waals surface area contributed by atoms with E-state index in [1.54, 1.807) is 6.07 Å². The highest BCUT2D eigenvalue weighted by Gasteiger charge is 1.81.